The molecular formula is C27H32O3. The molecule has 0 radical (unpaired) electrons. The van der Waals surface area contributed by atoms with Gasteiger partial charge in [0.1, 0.15) is 12.4 Å². The first kappa shape index (κ1) is 20.7. The smallest absolute Gasteiger partial charge is 0.305 e. The van der Waals surface area contributed by atoms with E-state index in [-0.39, 0.29) is 5.97 Å². The van der Waals surface area contributed by atoms with Crippen molar-refractivity contribution in [3.63, 3.8) is 0 Å². The lowest BCUT2D eigenvalue weighted by molar-refractivity contribution is -0.140. The number of ether oxygens (including phenoxy) is 2. The monoisotopic (exact) mass is 404 g/mol. The number of rotatable bonds is 8. The second-order valence-corrected chi connectivity index (χ2v) is 8.55. The van der Waals surface area contributed by atoms with Gasteiger partial charge in [0, 0.05) is 6.42 Å². The van der Waals surface area contributed by atoms with Gasteiger partial charge in [-0.05, 0) is 90.8 Å². The number of aryl methyl sites for hydroxylation is 1. The molecule has 0 amide bonds. The number of benzene rings is 2. The van der Waals surface area contributed by atoms with Crippen LogP contribution in [0.3, 0.4) is 0 Å². The van der Waals surface area contributed by atoms with E-state index in [1.807, 2.05) is 24.3 Å². The van der Waals surface area contributed by atoms with E-state index in [1.54, 1.807) is 0 Å². The number of hydrogen-bond acceptors (Lipinski definition) is 3. The molecule has 3 heteroatoms. The summed E-state index contributed by atoms with van der Waals surface area (Å²) < 4.78 is 10.9. The SMILES string of the molecule is COC(=O)CCc1ccc(OCC2=C(c3ccc(C4CC4)cc3)CCCCC2)cc1. The third-order valence-corrected chi connectivity index (χ3v) is 6.32. The predicted octanol–water partition coefficient (Wildman–Crippen LogP) is 6.47. The van der Waals surface area contributed by atoms with Crippen LogP contribution in [0, 0.1) is 0 Å². The summed E-state index contributed by atoms with van der Waals surface area (Å²) in [6.07, 6.45) is 9.87. The fourth-order valence-electron chi connectivity index (χ4n) is 4.30. The summed E-state index contributed by atoms with van der Waals surface area (Å²) in [6, 6.07) is 17.4. The summed E-state index contributed by atoms with van der Waals surface area (Å²) in [5.41, 5.74) is 6.93. The van der Waals surface area contributed by atoms with Crippen LogP contribution in [-0.4, -0.2) is 19.7 Å². The topological polar surface area (TPSA) is 35.5 Å². The first-order chi connectivity index (χ1) is 14.7. The zero-order valence-corrected chi connectivity index (χ0v) is 18.0. The van der Waals surface area contributed by atoms with E-state index in [2.05, 4.69) is 24.3 Å². The van der Waals surface area contributed by atoms with Crippen molar-refractivity contribution in [3.05, 3.63) is 70.8 Å². The molecular weight excluding hydrogens is 372 g/mol. The molecule has 0 aromatic heterocycles. The van der Waals surface area contributed by atoms with E-state index in [0.29, 0.717) is 19.4 Å². The number of carbonyl (C=O) groups excluding carboxylic acids is 1. The van der Waals surface area contributed by atoms with Crippen LogP contribution in [0.15, 0.2) is 54.1 Å². The highest BCUT2D eigenvalue weighted by Crippen LogP contribution is 2.41. The van der Waals surface area contributed by atoms with Crippen molar-refractivity contribution in [2.45, 2.75) is 63.7 Å². The van der Waals surface area contributed by atoms with E-state index in [4.69, 9.17) is 9.47 Å². The average molecular weight is 405 g/mol. The molecule has 0 N–H and O–H groups in total. The Kier molecular flexibility index (Phi) is 6.88. The predicted molar refractivity (Wildman–Crippen MR) is 121 cm³/mol. The molecule has 2 aromatic rings. The maximum Gasteiger partial charge on any atom is 0.305 e. The van der Waals surface area contributed by atoms with Crippen molar-refractivity contribution >= 4 is 11.5 Å². The number of hydrogen-bond donors (Lipinski definition) is 0. The Morgan fingerprint density at radius 1 is 0.933 bits per heavy atom. The molecule has 1 fully saturated rings. The summed E-state index contributed by atoms with van der Waals surface area (Å²) in [6.45, 7) is 0.654. The highest BCUT2D eigenvalue weighted by Gasteiger charge is 2.23. The Hall–Kier alpha value is -2.55. The zero-order valence-electron chi connectivity index (χ0n) is 18.0. The fourth-order valence-corrected chi connectivity index (χ4v) is 4.30. The van der Waals surface area contributed by atoms with Gasteiger partial charge in [0.15, 0.2) is 0 Å². The van der Waals surface area contributed by atoms with Gasteiger partial charge in [-0.3, -0.25) is 4.79 Å². The van der Waals surface area contributed by atoms with Crippen molar-refractivity contribution in [3.8, 4) is 5.75 Å². The van der Waals surface area contributed by atoms with E-state index >= 15 is 0 Å². The molecule has 0 heterocycles. The summed E-state index contributed by atoms with van der Waals surface area (Å²) in [4.78, 5) is 11.3. The van der Waals surface area contributed by atoms with Crippen LogP contribution in [0.2, 0.25) is 0 Å². The molecule has 30 heavy (non-hydrogen) atoms. The molecule has 2 aliphatic rings. The quantitative estimate of drug-likeness (QED) is 0.473. The largest absolute Gasteiger partial charge is 0.489 e. The van der Waals surface area contributed by atoms with Crippen LogP contribution in [0.4, 0.5) is 0 Å². The maximum absolute atomic E-state index is 11.3. The molecule has 158 valence electrons. The molecule has 2 aromatic carbocycles. The minimum Gasteiger partial charge on any atom is -0.489 e. The third kappa shape index (κ3) is 5.53. The maximum atomic E-state index is 11.3. The first-order valence-corrected chi connectivity index (χ1v) is 11.3. The Balaban J connectivity index is 1.42. The fraction of sp³-hybridized carbons (Fsp3) is 0.444. The second-order valence-electron chi connectivity index (χ2n) is 8.55. The van der Waals surface area contributed by atoms with Crippen molar-refractivity contribution in [2.24, 2.45) is 0 Å². The number of esters is 1. The Morgan fingerprint density at radius 2 is 1.67 bits per heavy atom. The summed E-state index contributed by atoms with van der Waals surface area (Å²) in [5.74, 6) is 1.52. The van der Waals surface area contributed by atoms with Crippen molar-refractivity contribution in [1.29, 1.82) is 0 Å². The molecule has 1 saturated carbocycles. The highest BCUT2D eigenvalue weighted by molar-refractivity contribution is 5.70. The van der Waals surface area contributed by atoms with Crippen LogP contribution in [-0.2, 0) is 16.0 Å². The Labute approximate surface area is 180 Å². The molecule has 0 saturated heterocycles. The summed E-state index contributed by atoms with van der Waals surface area (Å²) in [7, 11) is 1.43. The van der Waals surface area contributed by atoms with Crippen LogP contribution in [0.25, 0.3) is 5.57 Å². The van der Waals surface area contributed by atoms with Gasteiger partial charge >= 0.3 is 5.97 Å². The lowest BCUT2D eigenvalue weighted by atomic mass is 9.95. The molecule has 0 unspecified atom stereocenters. The lowest BCUT2D eigenvalue weighted by Gasteiger charge is -2.15. The number of allylic oxidation sites excluding steroid dienone is 1. The van der Waals surface area contributed by atoms with Crippen molar-refractivity contribution in [1.82, 2.24) is 0 Å². The van der Waals surface area contributed by atoms with Crippen LogP contribution < -0.4 is 4.74 Å². The van der Waals surface area contributed by atoms with Gasteiger partial charge in [-0.25, -0.2) is 0 Å². The molecule has 3 nitrogen and oxygen atoms in total. The third-order valence-electron chi connectivity index (χ3n) is 6.32. The summed E-state index contributed by atoms with van der Waals surface area (Å²) in [5, 5.41) is 0. The van der Waals surface area contributed by atoms with Crippen LogP contribution >= 0.6 is 0 Å². The van der Waals surface area contributed by atoms with E-state index in [9.17, 15) is 4.79 Å². The van der Waals surface area contributed by atoms with E-state index in [1.165, 1.54) is 61.5 Å². The molecule has 0 spiro atoms. The molecule has 0 bridgehead atoms. The standard InChI is InChI=1S/C27H32O3/c1-29-27(28)18-9-20-7-16-25(17-8-20)30-19-24-5-3-2-4-6-26(24)23-14-12-22(13-15-23)21-10-11-21/h7-8,12-17,21H,2-6,9-11,18-19H2,1H3. The minimum atomic E-state index is -0.173. The first-order valence-electron chi connectivity index (χ1n) is 11.3. The van der Waals surface area contributed by atoms with Crippen molar-refractivity contribution in [2.75, 3.05) is 13.7 Å². The molecule has 4 rings (SSSR count). The number of methoxy groups -OCH3 is 1. The molecule has 0 atom stereocenters. The van der Waals surface area contributed by atoms with Crippen LogP contribution in [0.5, 0.6) is 5.75 Å². The number of carbonyl (C=O) groups is 1. The Morgan fingerprint density at radius 3 is 2.37 bits per heavy atom. The Bertz CT molecular complexity index is 873. The summed E-state index contributed by atoms with van der Waals surface area (Å²) >= 11 is 0. The van der Waals surface area contributed by atoms with Crippen LogP contribution in [0.1, 0.15) is 74.0 Å². The van der Waals surface area contributed by atoms with E-state index < -0.39 is 0 Å². The van der Waals surface area contributed by atoms with Gasteiger partial charge in [0.05, 0.1) is 7.11 Å². The molecule has 0 aliphatic heterocycles. The lowest BCUT2D eigenvalue weighted by Crippen LogP contribution is -2.04. The van der Waals surface area contributed by atoms with Crippen molar-refractivity contribution < 1.29 is 14.3 Å². The minimum absolute atomic E-state index is 0.173. The van der Waals surface area contributed by atoms with Gasteiger partial charge in [-0.2, -0.15) is 0 Å². The van der Waals surface area contributed by atoms with Gasteiger partial charge in [-0.1, -0.05) is 42.8 Å². The molecule has 2 aliphatic carbocycles. The van der Waals surface area contributed by atoms with Gasteiger partial charge < -0.3 is 9.47 Å². The zero-order chi connectivity index (χ0) is 20.8. The van der Waals surface area contributed by atoms with Gasteiger partial charge in [-0.15, -0.1) is 0 Å². The highest BCUT2D eigenvalue weighted by atomic mass is 16.5. The average Bonchev–Trinajstić information content (AvgIpc) is 3.64. The van der Waals surface area contributed by atoms with E-state index in [0.717, 1.165) is 30.1 Å². The van der Waals surface area contributed by atoms with Gasteiger partial charge in [0.2, 0.25) is 0 Å². The van der Waals surface area contributed by atoms with Gasteiger partial charge in [0.25, 0.3) is 0 Å². The second kappa shape index (κ2) is 9.97. The normalized spacial score (nSPS) is 16.8.